The molecule has 3 aliphatic heterocycles. The Morgan fingerprint density at radius 2 is 1.42 bits per heavy atom. The highest BCUT2D eigenvalue weighted by molar-refractivity contribution is 6.30. The highest BCUT2D eigenvalue weighted by Crippen LogP contribution is 2.41. The van der Waals surface area contributed by atoms with Crippen LogP contribution in [-0.4, -0.2) is 92.4 Å². The number of methoxy groups -OCH3 is 1. The molecule has 6 aromatic rings. The maximum Gasteiger partial charge on any atom is 0.407 e. The zero-order valence-corrected chi connectivity index (χ0v) is 32.9. The molecule has 3 fully saturated rings. The number of likely N-dealkylation sites (tertiary alicyclic amines) is 1. The zero-order valence-electron chi connectivity index (χ0n) is 32.2. The first-order chi connectivity index (χ1) is 27.6. The molecule has 5 atom stereocenters. The van der Waals surface area contributed by atoms with Crippen LogP contribution in [0.1, 0.15) is 73.9 Å². The largest absolute Gasteiger partial charge is 0.453 e. The van der Waals surface area contributed by atoms with Gasteiger partial charge in [0.1, 0.15) is 23.7 Å². The fourth-order valence-electron chi connectivity index (χ4n) is 9.16. The van der Waals surface area contributed by atoms with Gasteiger partial charge in [-0.1, -0.05) is 60.1 Å². The number of aromatic amines is 2. The van der Waals surface area contributed by atoms with E-state index in [4.69, 9.17) is 26.3 Å². The molecule has 3 N–H and O–H groups in total. The van der Waals surface area contributed by atoms with Crippen molar-refractivity contribution in [2.75, 3.05) is 27.7 Å². The van der Waals surface area contributed by atoms with E-state index in [9.17, 15) is 14.4 Å². The minimum Gasteiger partial charge on any atom is -0.453 e. The normalized spacial score (nSPS) is 21.4. The molecule has 3 saturated heterocycles. The molecular formula is C44H45ClN8O4. The summed E-state index contributed by atoms with van der Waals surface area (Å²) >= 11 is 6.31. The molecule has 12 nitrogen and oxygen atoms in total. The molecule has 57 heavy (non-hydrogen) atoms. The Hall–Kier alpha value is -5.72. The number of piperidine rings is 1. The van der Waals surface area contributed by atoms with Gasteiger partial charge >= 0.3 is 6.09 Å². The van der Waals surface area contributed by atoms with Crippen LogP contribution in [0.2, 0.25) is 5.02 Å². The van der Waals surface area contributed by atoms with Gasteiger partial charge in [-0.15, -0.1) is 0 Å². The van der Waals surface area contributed by atoms with E-state index in [0.29, 0.717) is 18.0 Å². The summed E-state index contributed by atoms with van der Waals surface area (Å²) in [5.41, 5.74) is 8.71. The average Bonchev–Trinajstić information content (AvgIpc) is 4.03. The van der Waals surface area contributed by atoms with Crippen molar-refractivity contribution in [2.45, 2.75) is 68.7 Å². The molecule has 5 heterocycles. The van der Waals surface area contributed by atoms with E-state index in [1.807, 2.05) is 65.2 Å². The number of hydrogen-bond acceptors (Lipinski definition) is 7. The van der Waals surface area contributed by atoms with Gasteiger partial charge in [-0.05, 0) is 117 Å². The Balaban J connectivity index is 0.913. The molecular weight excluding hydrogens is 740 g/mol. The number of benzene rings is 4. The first-order valence-electron chi connectivity index (χ1n) is 19.6. The molecule has 0 radical (unpaired) electrons. The zero-order chi connectivity index (χ0) is 39.4. The lowest BCUT2D eigenvalue weighted by Crippen LogP contribution is -2.54. The number of ether oxygens (including phenoxy) is 1. The van der Waals surface area contributed by atoms with Crippen molar-refractivity contribution >= 4 is 51.6 Å². The second-order valence-electron chi connectivity index (χ2n) is 15.7. The summed E-state index contributed by atoms with van der Waals surface area (Å²) < 4.78 is 4.75. The van der Waals surface area contributed by atoms with Crippen LogP contribution >= 0.6 is 11.6 Å². The lowest BCUT2D eigenvalue weighted by Gasteiger charge is -2.37. The summed E-state index contributed by atoms with van der Waals surface area (Å²) in [5.74, 6) is 1.54. The number of nitrogens with one attached hydrogen (secondary N) is 3. The van der Waals surface area contributed by atoms with Crippen LogP contribution < -0.4 is 5.32 Å². The van der Waals surface area contributed by atoms with Gasteiger partial charge in [0.05, 0.1) is 41.3 Å². The topological polar surface area (TPSA) is 140 Å². The second kappa shape index (κ2) is 15.0. The van der Waals surface area contributed by atoms with Gasteiger partial charge in [0.2, 0.25) is 11.8 Å². The summed E-state index contributed by atoms with van der Waals surface area (Å²) in [5, 5.41) is 3.31. The number of halogens is 1. The summed E-state index contributed by atoms with van der Waals surface area (Å²) in [6.07, 6.45) is 4.33. The summed E-state index contributed by atoms with van der Waals surface area (Å²) in [4.78, 5) is 62.2. The number of carbonyl (C=O) groups is 3. The lowest BCUT2D eigenvalue weighted by atomic mass is 9.98. The number of rotatable bonds is 8. The van der Waals surface area contributed by atoms with E-state index < -0.39 is 18.2 Å². The molecule has 0 spiro atoms. The van der Waals surface area contributed by atoms with Gasteiger partial charge in [-0.3, -0.25) is 14.5 Å². The Labute approximate surface area is 335 Å². The minimum absolute atomic E-state index is 0.0450. The molecule has 9 rings (SSSR count). The fourth-order valence-corrected chi connectivity index (χ4v) is 9.36. The van der Waals surface area contributed by atoms with Crippen molar-refractivity contribution < 1.29 is 19.1 Å². The fraction of sp³-hybridized carbons (Fsp3) is 0.341. The summed E-state index contributed by atoms with van der Waals surface area (Å²) in [6.45, 7) is 0.677. The van der Waals surface area contributed by atoms with Gasteiger partial charge in [0, 0.05) is 17.6 Å². The SMILES string of the molecule is COC(=O)N[C@H]1CC[C@H]2CC[C@@H](c3nc4ccc(-c5ccc(-c6ccc7nc([C@@H]8CCCN8C(=O)C(c8cccc(Cl)c8)N(C)C)[nH]c7c6)cc5)cc4[nH]3)N2C1=O. The highest BCUT2D eigenvalue weighted by atomic mass is 35.5. The lowest BCUT2D eigenvalue weighted by molar-refractivity contribution is -0.140. The quantitative estimate of drug-likeness (QED) is 0.142. The predicted molar refractivity (Wildman–Crippen MR) is 219 cm³/mol. The Bertz CT molecular complexity index is 2500. The van der Waals surface area contributed by atoms with Crippen molar-refractivity contribution in [1.29, 1.82) is 0 Å². The number of imidazole rings is 2. The maximum absolute atomic E-state index is 14.1. The van der Waals surface area contributed by atoms with E-state index in [1.165, 1.54) is 7.11 Å². The van der Waals surface area contributed by atoms with Crippen LogP contribution in [0.15, 0.2) is 84.9 Å². The van der Waals surface area contributed by atoms with Crippen LogP contribution in [0, 0.1) is 0 Å². The second-order valence-corrected chi connectivity index (χ2v) is 16.1. The number of aromatic nitrogens is 4. The molecule has 0 aliphatic carbocycles. The number of nitrogens with zero attached hydrogens (tertiary/aromatic N) is 5. The van der Waals surface area contributed by atoms with Gasteiger partial charge in [-0.2, -0.15) is 0 Å². The van der Waals surface area contributed by atoms with Crippen molar-refractivity contribution in [3.05, 3.63) is 107 Å². The monoisotopic (exact) mass is 784 g/mol. The third-order valence-electron chi connectivity index (χ3n) is 12.0. The van der Waals surface area contributed by atoms with E-state index >= 15 is 0 Å². The molecule has 0 bridgehead atoms. The Morgan fingerprint density at radius 3 is 2.04 bits per heavy atom. The third kappa shape index (κ3) is 6.91. The van der Waals surface area contributed by atoms with Crippen molar-refractivity contribution in [2.24, 2.45) is 0 Å². The Kier molecular flexibility index (Phi) is 9.70. The number of H-pyrrole nitrogens is 2. The molecule has 3 aliphatic rings. The maximum atomic E-state index is 14.1. The van der Waals surface area contributed by atoms with E-state index in [2.05, 4.69) is 63.8 Å². The van der Waals surface area contributed by atoms with E-state index in [1.54, 1.807) is 0 Å². The first-order valence-corrected chi connectivity index (χ1v) is 20.0. The molecule has 2 aromatic heterocycles. The van der Waals surface area contributed by atoms with Crippen LogP contribution in [0.25, 0.3) is 44.3 Å². The van der Waals surface area contributed by atoms with Gasteiger partial charge in [0.25, 0.3) is 0 Å². The Morgan fingerprint density at radius 1 is 0.807 bits per heavy atom. The molecule has 0 saturated carbocycles. The number of alkyl carbamates (subject to hydrolysis) is 1. The number of fused-ring (bicyclic) bond motifs is 3. The number of hydrogen-bond donors (Lipinski definition) is 3. The van der Waals surface area contributed by atoms with Crippen LogP contribution in [-0.2, 0) is 14.3 Å². The third-order valence-corrected chi connectivity index (χ3v) is 12.2. The summed E-state index contributed by atoms with van der Waals surface area (Å²) in [6, 6.07) is 27.3. The van der Waals surface area contributed by atoms with Crippen molar-refractivity contribution in [3.8, 4) is 22.3 Å². The van der Waals surface area contributed by atoms with E-state index in [-0.39, 0.29) is 29.9 Å². The molecule has 4 aromatic carbocycles. The van der Waals surface area contributed by atoms with Crippen molar-refractivity contribution in [3.63, 3.8) is 0 Å². The number of carbonyl (C=O) groups excluding carboxylic acids is 3. The molecule has 13 heteroatoms. The first kappa shape index (κ1) is 36.9. The van der Waals surface area contributed by atoms with Gasteiger partial charge < -0.3 is 29.8 Å². The number of likely N-dealkylation sites (N-methyl/N-ethyl adjacent to an activating group) is 1. The van der Waals surface area contributed by atoms with Gasteiger partial charge in [0.15, 0.2) is 0 Å². The highest BCUT2D eigenvalue weighted by Gasteiger charge is 2.45. The van der Waals surface area contributed by atoms with Crippen molar-refractivity contribution in [1.82, 2.24) is 40.0 Å². The summed E-state index contributed by atoms with van der Waals surface area (Å²) in [7, 11) is 5.15. The predicted octanol–water partition coefficient (Wildman–Crippen LogP) is 7.94. The smallest absolute Gasteiger partial charge is 0.407 e. The average molecular weight is 785 g/mol. The van der Waals surface area contributed by atoms with Gasteiger partial charge in [-0.25, -0.2) is 14.8 Å². The molecule has 292 valence electrons. The minimum atomic E-state index is -0.591. The number of amides is 3. The van der Waals surface area contributed by atoms with Crippen LogP contribution in [0.5, 0.6) is 0 Å². The van der Waals surface area contributed by atoms with Crippen LogP contribution in [0.4, 0.5) is 4.79 Å². The molecule has 1 unspecified atom stereocenters. The molecule has 3 amide bonds. The standard InChI is InChI=1S/C44H45ClN8O4/c1-51(2)39(29-6-4-7-30(45)22-29)43(55)52-21-5-8-37(52)40-46-32-17-13-27(23-35(32)48-40)25-9-11-26(12-10-25)28-14-18-33-36(24-28)49-41(47-33)38-20-16-31-15-19-34(42(54)53(31)38)50-44(56)57-3/h4,6-7,9-14,17-18,22-24,31,34,37-39H,5,8,15-16,19-21H2,1-3H3,(H,46,48)(H,47,49)(H,50,56)/t31-,34-,37-,38-,39?/m0/s1. The van der Waals surface area contributed by atoms with Crippen LogP contribution in [0.3, 0.4) is 0 Å². The van der Waals surface area contributed by atoms with E-state index in [0.717, 1.165) is 93.6 Å².